The maximum absolute atomic E-state index is 13.2. The van der Waals surface area contributed by atoms with Gasteiger partial charge in [-0.25, -0.2) is 14.6 Å². The maximum atomic E-state index is 13.2. The second kappa shape index (κ2) is 9.32. The minimum atomic E-state index is -0.316. The zero-order chi connectivity index (χ0) is 25.4. The van der Waals surface area contributed by atoms with E-state index in [9.17, 15) is 14.7 Å². The van der Waals surface area contributed by atoms with Crippen molar-refractivity contribution in [2.75, 3.05) is 11.9 Å². The third-order valence-electron chi connectivity index (χ3n) is 6.36. The Bertz CT molecular complexity index is 1620. The molecule has 1 aliphatic rings. The number of aliphatic hydroxyl groups is 1. The van der Waals surface area contributed by atoms with Crippen LogP contribution in [0.2, 0.25) is 0 Å². The fourth-order valence-electron chi connectivity index (χ4n) is 4.47. The molecule has 0 saturated heterocycles. The minimum Gasteiger partial charge on any atom is -0.388 e. The number of benzene rings is 2. The van der Waals surface area contributed by atoms with E-state index in [1.54, 1.807) is 46.2 Å². The molecule has 5 aromatic rings. The Morgan fingerprint density at radius 2 is 1.92 bits per heavy atom. The molecule has 0 unspecified atom stereocenters. The van der Waals surface area contributed by atoms with Gasteiger partial charge in [0.25, 0.3) is 11.8 Å². The van der Waals surface area contributed by atoms with Crippen molar-refractivity contribution >= 4 is 28.5 Å². The molecule has 37 heavy (non-hydrogen) atoms. The van der Waals surface area contributed by atoms with E-state index >= 15 is 0 Å². The first-order chi connectivity index (χ1) is 18.1. The third kappa shape index (κ3) is 4.45. The van der Waals surface area contributed by atoms with E-state index in [0.29, 0.717) is 53.3 Å². The molecule has 10 nitrogen and oxygen atoms in total. The monoisotopic (exact) mass is 493 g/mol. The highest BCUT2D eigenvalue weighted by atomic mass is 16.3. The number of fused-ring (bicyclic) bond motifs is 2. The highest BCUT2D eigenvalue weighted by molar-refractivity contribution is 6.03. The second-order valence-corrected chi connectivity index (χ2v) is 8.82. The Kier molecular flexibility index (Phi) is 5.70. The number of rotatable bonds is 5. The molecule has 0 bridgehead atoms. The summed E-state index contributed by atoms with van der Waals surface area (Å²) in [5, 5.41) is 16.4. The summed E-state index contributed by atoms with van der Waals surface area (Å²) >= 11 is 0. The average Bonchev–Trinajstić information content (AvgIpc) is 3.59. The molecule has 0 atom stereocenters. The summed E-state index contributed by atoms with van der Waals surface area (Å²) in [5.74, 6) is 0.0522. The lowest BCUT2D eigenvalue weighted by molar-refractivity contribution is 0.0733. The van der Waals surface area contributed by atoms with Crippen molar-refractivity contribution in [3.05, 3.63) is 101 Å². The van der Waals surface area contributed by atoms with Crippen LogP contribution in [-0.4, -0.2) is 53.1 Å². The van der Waals surface area contributed by atoms with E-state index in [0.717, 1.165) is 16.9 Å². The van der Waals surface area contributed by atoms with Gasteiger partial charge in [0.2, 0.25) is 0 Å². The van der Waals surface area contributed by atoms with Crippen LogP contribution in [-0.2, 0) is 19.6 Å². The number of aromatic amines is 1. The Morgan fingerprint density at radius 3 is 2.76 bits per heavy atom. The van der Waals surface area contributed by atoms with Crippen molar-refractivity contribution in [1.29, 1.82) is 0 Å². The number of amides is 2. The quantitative estimate of drug-likeness (QED) is 0.345. The lowest BCUT2D eigenvalue weighted by Gasteiger charge is -2.28. The zero-order valence-electron chi connectivity index (χ0n) is 19.8. The van der Waals surface area contributed by atoms with Gasteiger partial charge in [-0.2, -0.15) is 5.10 Å². The van der Waals surface area contributed by atoms with E-state index in [-0.39, 0.29) is 18.4 Å². The van der Waals surface area contributed by atoms with Crippen molar-refractivity contribution in [2.45, 2.75) is 19.6 Å². The van der Waals surface area contributed by atoms with E-state index in [4.69, 9.17) is 0 Å². The largest absolute Gasteiger partial charge is 0.388 e. The third-order valence-corrected chi connectivity index (χ3v) is 6.36. The minimum absolute atomic E-state index is 0.0926. The highest BCUT2D eigenvalue weighted by Crippen LogP contribution is 2.22. The number of anilines is 1. The van der Waals surface area contributed by atoms with E-state index in [1.165, 1.54) is 0 Å². The van der Waals surface area contributed by atoms with Crippen LogP contribution in [0.5, 0.6) is 0 Å². The van der Waals surface area contributed by atoms with Crippen molar-refractivity contribution in [3.8, 4) is 5.69 Å². The van der Waals surface area contributed by atoms with Crippen molar-refractivity contribution < 1.29 is 14.7 Å². The molecule has 0 saturated carbocycles. The summed E-state index contributed by atoms with van der Waals surface area (Å²) in [4.78, 5) is 39.6. The standard InChI is InChI=1S/C27H23N7O3/c35-16-25-31-22-8-6-17(12-24(22)32-25)27(37)33-11-10-21-18(14-33)7-9-23(30-21)26(36)29-19-13-28-34(15-19)20-4-2-1-3-5-20/h1-9,12-13,15,35H,10-11,14,16H2,(H,29,36)(H,31,32). The maximum Gasteiger partial charge on any atom is 0.274 e. The van der Waals surface area contributed by atoms with Crippen LogP contribution in [0, 0.1) is 0 Å². The van der Waals surface area contributed by atoms with Gasteiger partial charge in [0.05, 0.1) is 34.8 Å². The number of nitrogens with zero attached hydrogens (tertiary/aromatic N) is 5. The smallest absolute Gasteiger partial charge is 0.274 e. The molecular weight excluding hydrogens is 470 g/mol. The lowest BCUT2D eigenvalue weighted by Crippen LogP contribution is -2.36. The van der Waals surface area contributed by atoms with E-state index in [1.807, 2.05) is 36.4 Å². The number of hydrogen-bond donors (Lipinski definition) is 3. The second-order valence-electron chi connectivity index (χ2n) is 8.82. The van der Waals surface area contributed by atoms with Gasteiger partial charge in [-0.3, -0.25) is 9.59 Å². The molecule has 0 fully saturated rings. The van der Waals surface area contributed by atoms with Gasteiger partial charge < -0.3 is 20.3 Å². The van der Waals surface area contributed by atoms with Crippen LogP contribution < -0.4 is 5.32 Å². The Hall–Kier alpha value is -4.83. The molecule has 2 amide bonds. The molecule has 3 aromatic heterocycles. The zero-order valence-corrected chi connectivity index (χ0v) is 19.8. The summed E-state index contributed by atoms with van der Waals surface area (Å²) < 4.78 is 1.69. The lowest BCUT2D eigenvalue weighted by atomic mass is 10.0. The number of nitrogens with one attached hydrogen (secondary N) is 2. The van der Waals surface area contributed by atoms with Crippen LogP contribution in [0.1, 0.15) is 37.9 Å². The van der Waals surface area contributed by atoms with Crippen molar-refractivity contribution in [3.63, 3.8) is 0 Å². The summed E-state index contributed by atoms with van der Waals surface area (Å²) in [6, 6.07) is 18.4. The van der Waals surface area contributed by atoms with Gasteiger partial charge in [-0.15, -0.1) is 0 Å². The number of carbonyl (C=O) groups is 2. The van der Waals surface area contributed by atoms with Crippen molar-refractivity contribution in [1.82, 2.24) is 29.6 Å². The van der Waals surface area contributed by atoms with Gasteiger partial charge in [0, 0.05) is 30.8 Å². The topological polar surface area (TPSA) is 129 Å². The van der Waals surface area contributed by atoms with Gasteiger partial charge >= 0.3 is 0 Å². The van der Waals surface area contributed by atoms with Gasteiger partial charge in [0.15, 0.2) is 0 Å². The summed E-state index contributed by atoms with van der Waals surface area (Å²) in [6.07, 6.45) is 3.90. The van der Waals surface area contributed by atoms with Crippen LogP contribution in [0.25, 0.3) is 16.7 Å². The Balaban J connectivity index is 1.14. The van der Waals surface area contributed by atoms with Gasteiger partial charge in [0.1, 0.15) is 18.1 Å². The molecule has 0 aliphatic carbocycles. The van der Waals surface area contributed by atoms with E-state index < -0.39 is 0 Å². The highest BCUT2D eigenvalue weighted by Gasteiger charge is 2.24. The van der Waals surface area contributed by atoms with Crippen LogP contribution in [0.15, 0.2) is 73.1 Å². The van der Waals surface area contributed by atoms with Crippen molar-refractivity contribution in [2.24, 2.45) is 0 Å². The number of H-pyrrole nitrogens is 1. The van der Waals surface area contributed by atoms with Gasteiger partial charge in [-0.1, -0.05) is 24.3 Å². The Morgan fingerprint density at radius 1 is 1.05 bits per heavy atom. The number of aromatic nitrogens is 5. The fourth-order valence-corrected chi connectivity index (χ4v) is 4.47. The van der Waals surface area contributed by atoms with E-state index in [2.05, 4.69) is 25.4 Å². The van der Waals surface area contributed by atoms with Gasteiger partial charge in [-0.05, 0) is 42.0 Å². The number of para-hydroxylation sites is 1. The molecule has 4 heterocycles. The number of carbonyl (C=O) groups excluding carboxylic acids is 2. The molecule has 3 N–H and O–H groups in total. The normalized spacial score (nSPS) is 12.9. The number of hydrogen-bond acceptors (Lipinski definition) is 6. The summed E-state index contributed by atoms with van der Waals surface area (Å²) in [6.45, 7) is 0.720. The fraction of sp³-hybridized carbons (Fsp3) is 0.148. The molecule has 2 aromatic carbocycles. The first-order valence-electron chi connectivity index (χ1n) is 11.9. The number of aliphatic hydroxyl groups excluding tert-OH is 1. The molecule has 184 valence electrons. The first kappa shape index (κ1) is 22.6. The molecule has 6 rings (SSSR count). The number of imidazole rings is 1. The SMILES string of the molecule is O=C(Nc1cnn(-c2ccccc2)c1)c1ccc2c(n1)CCN(C(=O)c1ccc3nc(CO)[nH]c3c1)C2. The molecular formula is C27H23N7O3. The van der Waals surface area contributed by atoms with Crippen LogP contribution in [0.4, 0.5) is 5.69 Å². The summed E-state index contributed by atoms with van der Waals surface area (Å²) in [5.41, 5.74) is 5.47. The molecule has 10 heteroatoms. The molecule has 1 aliphatic heterocycles. The van der Waals surface area contributed by atoms with Crippen LogP contribution in [0.3, 0.4) is 0 Å². The first-order valence-corrected chi connectivity index (χ1v) is 11.9. The predicted octanol–water partition coefficient (Wildman–Crippen LogP) is 3.09. The molecule has 0 radical (unpaired) electrons. The number of pyridine rings is 1. The predicted molar refractivity (Wildman–Crippen MR) is 136 cm³/mol. The molecule has 0 spiro atoms. The average molecular weight is 494 g/mol. The Labute approximate surface area is 211 Å². The summed E-state index contributed by atoms with van der Waals surface area (Å²) in [7, 11) is 0. The van der Waals surface area contributed by atoms with Crippen LogP contribution >= 0.6 is 0 Å².